The number of hydrogen-bond acceptors (Lipinski definition) is 4. The number of hydrogen-bond donors (Lipinski definition) is 4. The molecule has 0 unspecified atom stereocenters. The molecule has 0 saturated carbocycles. The Morgan fingerprint density at radius 3 is 0.804 bits per heavy atom. The van der Waals surface area contributed by atoms with Crippen LogP contribution in [0, 0.1) is 0 Å². The van der Waals surface area contributed by atoms with Crippen LogP contribution in [0.1, 0.15) is 128 Å². The van der Waals surface area contributed by atoms with Crippen molar-refractivity contribution < 1.29 is 45.6 Å². The zero-order valence-corrected chi connectivity index (χ0v) is 35.1. The fourth-order valence-electron chi connectivity index (χ4n) is 5.54. The van der Waals surface area contributed by atoms with E-state index in [9.17, 15) is 10.2 Å². The molecule has 51 heavy (non-hydrogen) atoms. The average Bonchev–Trinajstić information content (AvgIpc) is 2.99. The molecule has 9 heteroatoms. The SMILES string of the molecule is CC(C)(C)c1cc(Cc2ccccc2)cc(C(C)(C)C)c1O.CC(C)(C)c1cc(Cc2ccccc2)cc(C(C)(C)C)c1O.O=PO.O=PO.[Ni+2]. The van der Waals surface area contributed by atoms with Crippen molar-refractivity contribution in [3.8, 4) is 11.5 Å². The van der Waals surface area contributed by atoms with Gasteiger partial charge in [0.2, 0.25) is 0 Å². The van der Waals surface area contributed by atoms with Crippen LogP contribution in [0.4, 0.5) is 0 Å². The van der Waals surface area contributed by atoms with Crippen LogP contribution in [0.25, 0.3) is 0 Å². The van der Waals surface area contributed by atoms with Crippen molar-refractivity contribution in [2.75, 3.05) is 0 Å². The molecule has 4 aromatic rings. The zero-order chi connectivity index (χ0) is 38.5. The second-order valence-electron chi connectivity index (χ2n) is 16.6. The minimum absolute atomic E-state index is 0. The van der Waals surface area contributed by atoms with E-state index in [-0.39, 0.29) is 38.2 Å². The van der Waals surface area contributed by atoms with Crippen LogP contribution in [0.15, 0.2) is 84.9 Å². The fourth-order valence-corrected chi connectivity index (χ4v) is 5.54. The van der Waals surface area contributed by atoms with Gasteiger partial charge in [0, 0.05) is 0 Å². The summed E-state index contributed by atoms with van der Waals surface area (Å²) in [4.78, 5) is 14.0. The third-order valence-corrected chi connectivity index (χ3v) is 8.07. The van der Waals surface area contributed by atoms with Crippen LogP contribution >= 0.6 is 17.4 Å². The summed E-state index contributed by atoms with van der Waals surface area (Å²) < 4.78 is 16.9. The first kappa shape index (κ1) is 48.1. The van der Waals surface area contributed by atoms with Crippen LogP contribution in [0.3, 0.4) is 0 Å². The van der Waals surface area contributed by atoms with E-state index in [0.717, 1.165) is 35.1 Å². The Labute approximate surface area is 320 Å². The summed E-state index contributed by atoms with van der Waals surface area (Å²) >= 11 is 0. The molecule has 4 N–H and O–H groups in total. The molecule has 0 atom stereocenters. The minimum Gasteiger partial charge on any atom is -0.507 e. The first-order valence-corrected chi connectivity index (χ1v) is 18.3. The van der Waals surface area contributed by atoms with Crippen molar-refractivity contribution in [2.24, 2.45) is 0 Å². The minimum atomic E-state index is -0.833. The van der Waals surface area contributed by atoms with Crippen LogP contribution in [0.5, 0.6) is 11.5 Å². The largest absolute Gasteiger partial charge is 2.00 e. The Bertz CT molecular complexity index is 1450. The van der Waals surface area contributed by atoms with Crippen LogP contribution < -0.4 is 0 Å². The van der Waals surface area contributed by atoms with E-state index in [1.165, 1.54) is 22.3 Å². The first-order valence-electron chi connectivity index (χ1n) is 16.8. The molecule has 4 aromatic carbocycles. The van der Waals surface area contributed by atoms with E-state index in [1.807, 2.05) is 12.1 Å². The monoisotopic (exact) mass is 778 g/mol. The maximum atomic E-state index is 10.8. The molecule has 0 aliphatic rings. The van der Waals surface area contributed by atoms with Gasteiger partial charge in [-0.3, -0.25) is 0 Å². The molecule has 0 amide bonds. The second kappa shape index (κ2) is 21.0. The van der Waals surface area contributed by atoms with Crippen molar-refractivity contribution in [1.29, 1.82) is 0 Å². The molecular weight excluding hydrogens is 721 g/mol. The number of phenolic OH excluding ortho intramolecular Hbond substituents is 2. The summed E-state index contributed by atoms with van der Waals surface area (Å²) in [5.41, 5.74) is 8.97. The van der Waals surface area contributed by atoms with E-state index in [2.05, 4.69) is 156 Å². The Morgan fingerprint density at radius 2 is 0.627 bits per heavy atom. The van der Waals surface area contributed by atoms with Gasteiger partial charge < -0.3 is 20.0 Å². The molecular formula is C42H58NiO6P2+2. The molecule has 0 aliphatic heterocycles. The standard InChI is InChI=1S/2C21H28O.Ni.2HO2P/c2*1-20(2,3)17-13-16(12-15-10-8-7-9-11-15)14-18(19(17)22)21(4,5)6;;2*1-3-2/h2*7-11,13-14,22H,12H2,1-6H3;;2*(H,1,2)/q;;+2;;. The predicted octanol–water partition coefficient (Wildman–Crippen LogP) is 11.5. The quantitative estimate of drug-likeness (QED) is 0.121. The molecule has 0 bridgehead atoms. The summed E-state index contributed by atoms with van der Waals surface area (Å²) in [6.07, 6.45) is 1.79. The van der Waals surface area contributed by atoms with E-state index in [4.69, 9.17) is 18.9 Å². The summed E-state index contributed by atoms with van der Waals surface area (Å²) in [6.45, 7) is 25.8. The molecule has 0 aromatic heterocycles. The molecule has 0 spiro atoms. The number of phenols is 2. The summed E-state index contributed by atoms with van der Waals surface area (Å²) in [7, 11) is -1.67. The molecule has 4 rings (SSSR count). The van der Waals surface area contributed by atoms with Crippen molar-refractivity contribution in [1.82, 2.24) is 0 Å². The normalized spacial score (nSPS) is 11.6. The number of benzene rings is 4. The van der Waals surface area contributed by atoms with Crippen LogP contribution in [0.2, 0.25) is 0 Å². The molecule has 6 nitrogen and oxygen atoms in total. The van der Waals surface area contributed by atoms with E-state index < -0.39 is 17.4 Å². The Kier molecular flexibility index (Phi) is 19.8. The summed E-state index contributed by atoms with van der Waals surface area (Å²) in [5.74, 6) is 0.911. The molecule has 0 fully saturated rings. The maximum Gasteiger partial charge on any atom is 2.00 e. The van der Waals surface area contributed by atoms with Gasteiger partial charge >= 0.3 is 33.9 Å². The van der Waals surface area contributed by atoms with E-state index in [0.29, 0.717) is 11.5 Å². The topological polar surface area (TPSA) is 115 Å². The first-order chi connectivity index (χ1) is 23.0. The zero-order valence-electron chi connectivity index (χ0n) is 32.3. The van der Waals surface area contributed by atoms with Gasteiger partial charge in [0.25, 0.3) is 0 Å². The van der Waals surface area contributed by atoms with Crippen LogP contribution in [-0.4, -0.2) is 20.0 Å². The number of aromatic hydroxyl groups is 2. The van der Waals surface area contributed by atoms with Gasteiger partial charge in [0.15, 0.2) is 0 Å². The smallest absolute Gasteiger partial charge is 0.507 e. The van der Waals surface area contributed by atoms with Gasteiger partial charge in [-0.2, -0.15) is 0 Å². The molecule has 0 aliphatic carbocycles. The Hall–Kier alpha value is -2.91. The molecule has 0 saturated heterocycles. The second-order valence-corrected chi connectivity index (χ2v) is 16.9. The molecule has 0 heterocycles. The van der Waals surface area contributed by atoms with Gasteiger partial charge in [0.1, 0.15) is 11.5 Å². The van der Waals surface area contributed by atoms with Gasteiger partial charge in [0.05, 0.1) is 0 Å². The van der Waals surface area contributed by atoms with E-state index >= 15 is 0 Å². The molecule has 0 radical (unpaired) electrons. The molecule has 280 valence electrons. The van der Waals surface area contributed by atoms with Crippen molar-refractivity contribution in [3.63, 3.8) is 0 Å². The van der Waals surface area contributed by atoms with Crippen molar-refractivity contribution in [2.45, 2.75) is 118 Å². The van der Waals surface area contributed by atoms with Gasteiger partial charge in [-0.1, -0.05) is 168 Å². The predicted molar refractivity (Wildman–Crippen MR) is 209 cm³/mol. The van der Waals surface area contributed by atoms with Crippen LogP contribution in [-0.2, 0) is 60.1 Å². The maximum absolute atomic E-state index is 10.8. The Morgan fingerprint density at radius 1 is 0.431 bits per heavy atom. The Balaban J connectivity index is 0.000000835. The van der Waals surface area contributed by atoms with Crippen molar-refractivity contribution >= 4 is 17.4 Å². The third kappa shape index (κ3) is 16.1. The van der Waals surface area contributed by atoms with Gasteiger partial charge in [-0.15, -0.1) is 0 Å². The number of rotatable bonds is 4. The summed E-state index contributed by atoms with van der Waals surface area (Å²) in [5, 5.41) is 21.5. The van der Waals surface area contributed by atoms with E-state index in [1.54, 1.807) is 0 Å². The summed E-state index contributed by atoms with van der Waals surface area (Å²) in [6, 6.07) is 29.7. The third-order valence-electron chi connectivity index (χ3n) is 8.07. The average molecular weight is 780 g/mol. The van der Waals surface area contributed by atoms with Crippen molar-refractivity contribution in [3.05, 3.63) is 129 Å². The van der Waals surface area contributed by atoms with Gasteiger partial charge in [-0.25, -0.2) is 9.13 Å². The van der Waals surface area contributed by atoms with Gasteiger partial charge in [-0.05, 0) is 79.0 Å². The fraction of sp³-hybridized carbons (Fsp3) is 0.429.